The maximum atomic E-state index is 12.8. The molecule has 1 saturated heterocycles. The molecule has 1 N–H and O–H groups in total. The van der Waals surface area contributed by atoms with Crippen molar-refractivity contribution in [3.8, 4) is 0 Å². The van der Waals surface area contributed by atoms with E-state index in [2.05, 4.69) is 38.2 Å². The summed E-state index contributed by atoms with van der Waals surface area (Å²) in [5, 5.41) is 2.98. The number of hydrogen-bond acceptors (Lipinski definition) is 2. The number of carbonyl (C=O) groups is 2. The summed E-state index contributed by atoms with van der Waals surface area (Å²) < 4.78 is 0. The molecule has 4 heteroatoms. The van der Waals surface area contributed by atoms with Gasteiger partial charge < -0.3 is 5.32 Å². The standard InChI is InChI=1S/C19H26N2O2/c1-13(2)16-6-4-15(5-7-16)12-21-17(22)19(20-18(21)23)10-8-14(3)9-11-19/h4-7,13-14H,8-12H2,1-3H3,(H,20,23). The lowest BCUT2D eigenvalue weighted by Crippen LogP contribution is -2.49. The van der Waals surface area contributed by atoms with Crippen LogP contribution in [-0.4, -0.2) is 22.4 Å². The molecule has 0 unspecified atom stereocenters. The predicted octanol–water partition coefficient (Wildman–Crippen LogP) is 3.81. The molecule has 1 aromatic rings. The number of nitrogens with zero attached hydrogens (tertiary/aromatic N) is 1. The minimum absolute atomic E-state index is 0.0395. The van der Waals surface area contributed by atoms with Gasteiger partial charge in [-0.15, -0.1) is 0 Å². The molecule has 4 nitrogen and oxygen atoms in total. The first kappa shape index (κ1) is 16.0. The van der Waals surface area contributed by atoms with Gasteiger partial charge in [-0.3, -0.25) is 9.69 Å². The average Bonchev–Trinajstić information content (AvgIpc) is 2.75. The second-order valence-corrected chi connectivity index (χ2v) is 7.48. The van der Waals surface area contributed by atoms with Gasteiger partial charge in [-0.05, 0) is 48.6 Å². The quantitative estimate of drug-likeness (QED) is 0.862. The number of urea groups is 1. The lowest BCUT2D eigenvalue weighted by atomic mass is 9.77. The monoisotopic (exact) mass is 314 g/mol. The molecule has 3 rings (SSSR count). The van der Waals surface area contributed by atoms with Gasteiger partial charge in [-0.1, -0.05) is 45.0 Å². The van der Waals surface area contributed by atoms with Gasteiger partial charge in [-0.2, -0.15) is 0 Å². The first-order chi connectivity index (χ1) is 10.9. The Morgan fingerprint density at radius 2 is 1.78 bits per heavy atom. The minimum Gasteiger partial charge on any atom is -0.323 e. The van der Waals surface area contributed by atoms with Gasteiger partial charge in [0.25, 0.3) is 5.91 Å². The van der Waals surface area contributed by atoms with Crippen LogP contribution in [0.3, 0.4) is 0 Å². The Hall–Kier alpha value is -1.84. The maximum Gasteiger partial charge on any atom is 0.325 e. The van der Waals surface area contributed by atoms with Gasteiger partial charge in [0.1, 0.15) is 5.54 Å². The molecule has 1 spiro atoms. The van der Waals surface area contributed by atoms with E-state index in [1.807, 2.05) is 12.1 Å². The van der Waals surface area contributed by atoms with E-state index in [1.54, 1.807) is 0 Å². The molecule has 0 aromatic heterocycles. The second-order valence-electron chi connectivity index (χ2n) is 7.48. The largest absolute Gasteiger partial charge is 0.325 e. The first-order valence-electron chi connectivity index (χ1n) is 8.64. The van der Waals surface area contributed by atoms with Gasteiger partial charge in [0.15, 0.2) is 0 Å². The van der Waals surface area contributed by atoms with Crippen LogP contribution in [0.4, 0.5) is 4.79 Å². The fraction of sp³-hybridized carbons (Fsp3) is 0.579. The van der Waals surface area contributed by atoms with Gasteiger partial charge in [0.2, 0.25) is 0 Å². The van der Waals surface area contributed by atoms with Crippen LogP contribution in [0, 0.1) is 5.92 Å². The normalized spacial score (nSPS) is 27.8. The van der Waals surface area contributed by atoms with Crippen molar-refractivity contribution in [2.45, 2.75) is 64.5 Å². The highest BCUT2D eigenvalue weighted by Gasteiger charge is 2.51. The Bertz CT molecular complexity index is 598. The van der Waals surface area contributed by atoms with Gasteiger partial charge in [0, 0.05) is 0 Å². The van der Waals surface area contributed by atoms with E-state index in [-0.39, 0.29) is 11.9 Å². The second kappa shape index (κ2) is 5.99. The van der Waals surface area contributed by atoms with Crippen LogP contribution in [0.15, 0.2) is 24.3 Å². The fourth-order valence-electron chi connectivity index (χ4n) is 3.60. The summed E-state index contributed by atoms with van der Waals surface area (Å²) in [6.07, 6.45) is 3.54. The molecule has 1 aliphatic heterocycles. The molecule has 1 aromatic carbocycles. The molecule has 1 heterocycles. The van der Waals surface area contributed by atoms with Crippen LogP contribution in [0.25, 0.3) is 0 Å². The summed E-state index contributed by atoms with van der Waals surface area (Å²) in [4.78, 5) is 26.5. The van der Waals surface area contributed by atoms with Crippen molar-refractivity contribution >= 4 is 11.9 Å². The topological polar surface area (TPSA) is 49.4 Å². The van der Waals surface area contributed by atoms with E-state index in [0.717, 1.165) is 31.2 Å². The Kier molecular flexibility index (Phi) is 4.17. The number of rotatable bonds is 3. The summed E-state index contributed by atoms with van der Waals surface area (Å²) in [5.74, 6) is 1.08. The Morgan fingerprint density at radius 3 is 2.35 bits per heavy atom. The Morgan fingerprint density at radius 1 is 1.17 bits per heavy atom. The molecule has 1 saturated carbocycles. The molecule has 0 atom stereocenters. The molecule has 2 aliphatic rings. The third kappa shape index (κ3) is 2.99. The summed E-state index contributed by atoms with van der Waals surface area (Å²) in [6.45, 7) is 6.88. The molecular formula is C19H26N2O2. The number of benzene rings is 1. The van der Waals surface area contributed by atoms with E-state index >= 15 is 0 Å². The third-order valence-electron chi connectivity index (χ3n) is 5.36. The van der Waals surface area contributed by atoms with E-state index < -0.39 is 5.54 Å². The van der Waals surface area contributed by atoms with Crippen LogP contribution in [-0.2, 0) is 11.3 Å². The Labute approximate surface area is 138 Å². The van der Waals surface area contributed by atoms with Crippen LogP contribution in [0.2, 0.25) is 0 Å². The zero-order valence-electron chi connectivity index (χ0n) is 14.3. The van der Waals surface area contributed by atoms with Gasteiger partial charge in [-0.25, -0.2) is 4.79 Å². The summed E-state index contributed by atoms with van der Waals surface area (Å²) in [7, 11) is 0. The van der Waals surface area contributed by atoms with Crippen LogP contribution >= 0.6 is 0 Å². The molecule has 1 aliphatic carbocycles. The highest BCUT2D eigenvalue weighted by atomic mass is 16.2. The smallest absolute Gasteiger partial charge is 0.323 e. The van der Waals surface area contributed by atoms with Crippen molar-refractivity contribution in [3.63, 3.8) is 0 Å². The van der Waals surface area contributed by atoms with Crippen molar-refractivity contribution in [2.75, 3.05) is 0 Å². The van der Waals surface area contributed by atoms with Crippen molar-refractivity contribution in [3.05, 3.63) is 35.4 Å². The summed E-state index contributed by atoms with van der Waals surface area (Å²) >= 11 is 0. The summed E-state index contributed by atoms with van der Waals surface area (Å²) in [5.41, 5.74) is 1.63. The van der Waals surface area contributed by atoms with Gasteiger partial charge >= 0.3 is 6.03 Å². The van der Waals surface area contributed by atoms with Gasteiger partial charge in [0.05, 0.1) is 6.54 Å². The number of nitrogens with one attached hydrogen (secondary N) is 1. The lowest BCUT2D eigenvalue weighted by Gasteiger charge is -2.33. The lowest BCUT2D eigenvalue weighted by molar-refractivity contribution is -0.133. The minimum atomic E-state index is -0.637. The fourth-order valence-corrected chi connectivity index (χ4v) is 3.60. The molecular weight excluding hydrogens is 288 g/mol. The zero-order chi connectivity index (χ0) is 16.6. The molecule has 0 radical (unpaired) electrons. The number of imide groups is 1. The van der Waals surface area contributed by atoms with Crippen LogP contribution in [0.5, 0.6) is 0 Å². The first-order valence-corrected chi connectivity index (χ1v) is 8.64. The third-order valence-corrected chi connectivity index (χ3v) is 5.36. The number of amides is 3. The molecule has 124 valence electrons. The van der Waals surface area contributed by atoms with E-state index in [1.165, 1.54) is 10.5 Å². The SMILES string of the molecule is CC1CCC2(CC1)NC(=O)N(Cc1ccc(C(C)C)cc1)C2=O. The molecule has 23 heavy (non-hydrogen) atoms. The molecule has 2 fully saturated rings. The maximum absolute atomic E-state index is 12.8. The highest BCUT2D eigenvalue weighted by molar-refractivity contribution is 6.07. The number of hydrogen-bond donors (Lipinski definition) is 1. The highest BCUT2D eigenvalue weighted by Crippen LogP contribution is 2.36. The van der Waals surface area contributed by atoms with E-state index in [0.29, 0.717) is 18.4 Å². The molecule has 0 bridgehead atoms. The summed E-state index contributed by atoms with van der Waals surface area (Å²) in [6, 6.07) is 7.96. The molecule has 3 amide bonds. The van der Waals surface area contributed by atoms with Crippen molar-refractivity contribution in [2.24, 2.45) is 5.92 Å². The van der Waals surface area contributed by atoms with Crippen molar-refractivity contribution < 1.29 is 9.59 Å². The van der Waals surface area contributed by atoms with Crippen LogP contribution < -0.4 is 5.32 Å². The predicted molar refractivity (Wildman–Crippen MR) is 90.0 cm³/mol. The van der Waals surface area contributed by atoms with Crippen molar-refractivity contribution in [1.29, 1.82) is 0 Å². The zero-order valence-corrected chi connectivity index (χ0v) is 14.3. The van der Waals surface area contributed by atoms with Crippen LogP contribution in [0.1, 0.15) is 63.5 Å². The van der Waals surface area contributed by atoms with E-state index in [9.17, 15) is 9.59 Å². The average molecular weight is 314 g/mol. The Balaban J connectivity index is 1.73. The number of carbonyl (C=O) groups excluding carboxylic acids is 2. The van der Waals surface area contributed by atoms with E-state index in [4.69, 9.17) is 0 Å². The van der Waals surface area contributed by atoms with Crippen molar-refractivity contribution in [1.82, 2.24) is 10.2 Å².